The van der Waals surface area contributed by atoms with Gasteiger partial charge in [0.2, 0.25) is 11.8 Å². The van der Waals surface area contributed by atoms with Crippen LogP contribution < -0.4 is 16.0 Å². The molecule has 0 bridgehead atoms. The maximum absolute atomic E-state index is 12.5. The van der Waals surface area contributed by atoms with E-state index in [0.717, 1.165) is 12.8 Å². The zero-order valence-electron chi connectivity index (χ0n) is 24.5. The molecule has 2 atom stereocenters. The van der Waals surface area contributed by atoms with E-state index in [0.29, 0.717) is 5.75 Å². The quantitative estimate of drug-likeness (QED) is 0.0917. The molecule has 40 heavy (non-hydrogen) atoms. The van der Waals surface area contributed by atoms with E-state index in [-0.39, 0.29) is 18.6 Å². The van der Waals surface area contributed by atoms with Gasteiger partial charge in [-0.15, -0.1) is 0 Å². The van der Waals surface area contributed by atoms with E-state index < -0.39 is 54.1 Å². The molecule has 0 saturated carbocycles. The first-order chi connectivity index (χ1) is 18.9. The summed E-state index contributed by atoms with van der Waals surface area (Å²) in [5.74, 6) is -2.96. The molecule has 0 aliphatic carbocycles. The van der Waals surface area contributed by atoms with Crippen LogP contribution in [-0.4, -0.2) is 75.8 Å². The van der Waals surface area contributed by atoms with E-state index in [4.69, 9.17) is 9.84 Å². The number of unbranched alkanes of at least 4 members (excludes halogenated alkanes) is 8. The molecule has 0 aliphatic heterocycles. The van der Waals surface area contributed by atoms with Crippen LogP contribution in [-0.2, 0) is 23.9 Å². The molecule has 12 heteroatoms. The second-order valence-electron chi connectivity index (χ2n) is 10.6. The summed E-state index contributed by atoms with van der Waals surface area (Å²) >= 11 is 1.41. The molecule has 0 fully saturated rings. The van der Waals surface area contributed by atoms with Crippen LogP contribution in [0.15, 0.2) is 12.2 Å². The maximum Gasteiger partial charge on any atom is 0.408 e. The van der Waals surface area contributed by atoms with E-state index in [1.54, 1.807) is 20.8 Å². The van der Waals surface area contributed by atoms with Gasteiger partial charge in [0.15, 0.2) is 0 Å². The maximum atomic E-state index is 12.5. The number of nitrogens with one attached hydrogen (secondary N) is 3. The van der Waals surface area contributed by atoms with Crippen LogP contribution in [0.4, 0.5) is 4.79 Å². The number of carbonyl (C=O) groups is 5. The third-order valence-corrected chi connectivity index (χ3v) is 6.60. The van der Waals surface area contributed by atoms with Gasteiger partial charge in [-0.1, -0.05) is 64.0 Å². The van der Waals surface area contributed by atoms with Gasteiger partial charge in [-0.3, -0.25) is 14.4 Å². The summed E-state index contributed by atoms with van der Waals surface area (Å²) in [5, 5.41) is 25.3. The number of aliphatic carboxylic acids is 2. The minimum absolute atomic E-state index is 0.206. The Kier molecular flexibility index (Phi) is 20.5. The lowest BCUT2D eigenvalue weighted by Crippen LogP contribution is -2.50. The largest absolute Gasteiger partial charge is 0.480 e. The molecule has 0 radical (unpaired) electrons. The zero-order valence-corrected chi connectivity index (χ0v) is 25.3. The monoisotopic (exact) mass is 587 g/mol. The highest BCUT2D eigenvalue weighted by Crippen LogP contribution is 2.11. The van der Waals surface area contributed by atoms with Gasteiger partial charge in [0.1, 0.15) is 24.2 Å². The number of rotatable bonds is 22. The second kappa shape index (κ2) is 22.0. The fourth-order valence-electron chi connectivity index (χ4n) is 3.55. The van der Waals surface area contributed by atoms with E-state index >= 15 is 0 Å². The Balaban J connectivity index is 4.63. The molecule has 230 valence electrons. The lowest BCUT2D eigenvalue weighted by molar-refractivity contribution is -0.140. The topological polar surface area (TPSA) is 171 Å². The van der Waals surface area contributed by atoms with Crippen LogP contribution >= 0.6 is 11.8 Å². The van der Waals surface area contributed by atoms with Crippen molar-refractivity contribution in [3.63, 3.8) is 0 Å². The van der Waals surface area contributed by atoms with Gasteiger partial charge in [0, 0.05) is 17.9 Å². The van der Waals surface area contributed by atoms with Crippen molar-refractivity contribution in [2.75, 3.05) is 18.1 Å². The van der Waals surface area contributed by atoms with Crippen molar-refractivity contribution >= 4 is 41.6 Å². The fourth-order valence-corrected chi connectivity index (χ4v) is 4.43. The van der Waals surface area contributed by atoms with Crippen molar-refractivity contribution < 1.29 is 38.9 Å². The first-order valence-electron chi connectivity index (χ1n) is 14.1. The molecule has 0 aromatic heterocycles. The van der Waals surface area contributed by atoms with Crippen molar-refractivity contribution in [2.24, 2.45) is 0 Å². The predicted octanol–water partition coefficient (Wildman–Crippen LogP) is 4.25. The Labute approximate surface area is 242 Å². The normalized spacial score (nSPS) is 12.9. The van der Waals surface area contributed by atoms with Gasteiger partial charge in [-0.25, -0.2) is 9.59 Å². The molecule has 0 spiro atoms. The molecular weight excluding hydrogens is 538 g/mol. The minimum atomic E-state index is -1.36. The van der Waals surface area contributed by atoms with Crippen molar-refractivity contribution in [3.8, 4) is 0 Å². The summed E-state index contributed by atoms with van der Waals surface area (Å²) in [6.07, 6.45) is 13.7. The molecular formula is C28H49N3O8S. The number of carboxylic acids is 2. The first-order valence-corrected chi connectivity index (χ1v) is 15.2. The SMILES string of the molecule is CCCCCCCCCC/C=C/CSC[C@H](NC(=O)CC[C@H](NC(=O)OC(C)(C)C)C(=O)O)C(=O)NCC(=O)O. The Hall–Kier alpha value is -2.76. The van der Waals surface area contributed by atoms with Crippen molar-refractivity contribution in [3.05, 3.63) is 12.2 Å². The average Bonchev–Trinajstić information content (AvgIpc) is 2.85. The summed E-state index contributed by atoms with van der Waals surface area (Å²) in [4.78, 5) is 59.2. The first kappa shape index (κ1) is 37.2. The van der Waals surface area contributed by atoms with Gasteiger partial charge in [-0.05, 0) is 40.0 Å². The third kappa shape index (κ3) is 22.1. The number of carboxylic acid groups (broad SMARTS) is 2. The van der Waals surface area contributed by atoms with Gasteiger partial charge in [0.05, 0.1) is 0 Å². The van der Waals surface area contributed by atoms with E-state index in [2.05, 4.69) is 29.0 Å². The molecule has 11 nitrogen and oxygen atoms in total. The second-order valence-corrected chi connectivity index (χ2v) is 11.7. The van der Waals surface area contributed by atoms with Gasteiger partial charge < -0.3 is 30.9 Å². The number of carbonyl (C=O) groups excluding carboxylic acids is 3. The summed E-state index contributed by atoms with van der Waals surface area (Å²) in [6.45, 7) is 6.53. The summed E-state index contributed by atoms with van der Waals surface area (Å²) in [7, 11) is 0. The summed E-state index contributed by atoms with van der Waals surface area (Å²) in [6, 6.07) is -2.36. The van der Waals surface area contributed by atoms with Gasteiger partial charge >= 0.3 is 18.0 Å². The lowest BCUT2D eigenvalue weighted by Gasteiger charge is -2.22. The standard InChI is InChI=1S/C28H49N3O8S/c1-5-6-7-8-9-10-11-12-13-14-15-18-40-20-22(25(35)29-19-24(33)34)30-23(32)17-16-21(26(36)37)31-27(38)39-28(2,3)4/h14-15,21-22H,5-13,16-20H2,1-4H3,(H,29,35)(H,30,32)(H,31,38)(H,33,34)(H,36,37)/b15-14+/t21-,22-/m0/s1. The zero-order chi connectivity index (χ0) is 30.4. The van der Waals surface area contributed by atoms with Crippen LogP contribution in [0.2, 0.25) is 0 Å². The van der Waals surface area contributed by atoms with E-state index in [1.165, 1.54) is 56.7 Å². The number of amides is 3. The Morgan fingerprint density at radius 1 is 0.875 bits per heavy atom. The number of alkyl carbamates (subject to hydrolysis) is 1. The van der Waals surface area contributed by atoms with E-state index in [1.807, 2.05) is 6.08 Å². The molecule has 0 heterocycles. The Morgan fingerprint density at radius 2 is 1.50 bits per heavy atom. The molecule has 5 N–H and O–H groups in total. The number of ether oxygens (including phenoxy) is 1. The number of thioether (sulfide) groups is 1. The highest BCUT2D eigenvalue weighted by atomic mass is 32.2. The molecule has 0 unspecified atom stereocenters. The number of hydrogen-bond acceptors (Lipinski definition) is 7. The Morgan fingerprint density at radius 3 is 2.08 bits per heavy atom. The van der Waals surface area contributed by atoms with Gasteiger partial charge in [-0.2, -0.15) is 11.8 Å². The van der Waals surface area contributed by atoms with Crippen molar-refractivity contribution in [1.29, 1.82) is 0 Å². The molecule has 0 aromatic rings. The molecule has 3 amide bonds. The Bertz CT molecular complexity index is 814. The molecule has 0 saturated heterocycles. The highest BCUT2D eigenvalue weighted by Gasteiger charge is 2.26. The molecule has 0 aliphatic rings. The summed E-state index contributed by atoms with van der Waals surface area (Å²) < 4.78 is 5.06. The van der Waals surface area contributed by atoms with Gasteiger partial charge in [0.25, 0.3) is 0 Å². The molecule has 0 rings (SSSR count). The third-order valence-electron chi connectivity index (χ3n) is 5.60. The predicted molar refractivity (Wildman–Crippen MR) is 156 cm³/mol. The van der Waals surface area contributed by atoms with Crippen molar-refractivity contribution in [2.45, 2.75) is 116 Å². The van der Waals surface area contributed by atoms with Crippen LogP contribution in [0.3, 0.4) is 0 Å². The van der Waals surface area contributed by atoms with Crippen molar-refractivity contribution in [1.82, 2.24) is 16.0 Å². The average molecular weight is 588 g/mol. The van der Waals surface area contributed by atoms with Crippen LogP contribution in [0.1, 0.15) is 98.3 Å². The lowest BCUT2D eigenvalue weighted by atomic mass is 10.1. The number of hydrogen-bond donors (Lipinski definition) is 5. The molecule has 0 aromatic carbocycles. The highest BCUT2D eigenvalue weighted by molar-refractivity contribution is 7.99. The van der Waals surface area contributed by atoms with Crippen LogP contribution in [0.5, 0.6) is 0 Å². The van der Waals surface area contributed by atoms with E-state index in [9.17, 15) is 29.1 Å². The van der Waals surface area contributed by atoms with Crippen LogP contribution in [0.25, 0.3) is 0 Å². The summed E-state index contributed by atoms with van der Waals surface area (Å²) in [5.41, 5.74) is -0.818. The minimum Gasteiger partial charge on any atom is -0.480 e. The number of allylic oxidation sites excluding steroid dienone is 1. The fraction of sp³-hybridized carbons (Fsp3) is 0.750. The van der Waals surface area contributed by atoms with Crippen LogP contribution in [0, 0.1) is 0 Å². The smallest absolute Gasteiger partial charge is 0.408 e.